The summed E-state index contributed by atoms with van der Waals surface area (Å²) in [4.78, 5) is 10.2. The van der Waals surface area contributed by atoms with Crippen molar-refractivity contribution in [3.05, 3.63) is 33.8 Å². The number of hydrogen-bond donors (Lipinski definition) is 0. The largest absolute Gasteiger partial charge is 0.303 e. The predicted octanol–water partition coefficient (Wildman–Crippen LogP) is 3.09. The number of hydrogen-bond acceptors (Lipinski definition) is 1. The highest BCUT2D eigenvalue weighted by molar-refractivity contribution is 6.30. The van der Waals surface area contributed by atoms with E-state index in [-0.39, 0.29) is 0 Å². The molecule has 0 aliphatic carbocycles. The zero-order chi connectivity index (χ0) is 9.84. The highest BCUT2D eigenvalue weighted by Gasteiger charge is 2.02. The quantitative estimate of drug-likeness (QED) is 0.679. The van der Waals surface area contributed by atoms with Gasteiger partial charge in [0, 0.05) is 11.4 Å². The monoisotopic (exact) mass is 196 g/mol. The van der Waals surface area contributed by atoms with E-state index in [1.807, 2.05) is 19.1 Å². The highest BCUT2D eigenvalue weighted by Crippen LogP contribution is 2.20. The van der Waals surface area contributed by atoms with Gasteiger partial charge in [-0.25, -0.2) is 0 Å². The lowest BCUT2D eigenvalue weighted by Gasteiger charge is -2.07. The van der Waals surface area contributed by atoms with Crippen LogP contribution in [0.25, 0.3) is 0 Å². The van der Waals surface area contributed by atoms with Crippen LogP contribution in [-0.2, 0) is 11.2 Å². The van der Waals surface area contributed by atoms with Crippen molar-refractivity contribution in [1.82, 2.24) is 0 Å². The van der Waals surface area contributed by atoms with Gasteiger partial charge in [0.05, 0.1) is 0 Å². The van der Waals surface area contributed by atoms with Crippen molar-refractivity contribution in [3.8, 4) is 0 Å². The second-order valence-corrected chi connectivity index (χ2v) is 3.65. The van der Waals surface area contributed by atoms with Crippen LogP contribution in [0.2, 0.25) is 5.02 Å². The van der Waals surface area contributed by atoms with Crippen molar-refractivity contribution in [1.29, 1.82) is 0 Å². The van der Waals surface area contributed by atoms with Crippen LogP contribution in [0, 0.1) is 13.8 Å². The van der Waals surface area contributed by atoms with E-state index in [0.717, 1.165) is 17.7 Å². The second-order valence-electron chi connectivity index (χ2n) is 3.21. The van der Waals surface area contributed by atoms with Gasteiger partial charge in [-0.05, 0) is 49.1 Å². The number of aryl methyl sites for hydroxylation is 2. The molecule has 0 aliphatic rings. The molecule has 0 spiro atoms. The minimum absolute atomic E-state index is 0.570. The lowest BCUT2D eigenvalue weighted by molar-refractivity contribution is -0.107. The van der Waals surface area contributed by atoms with E-state index < -0.39 is 0 Å². The molecule has 2 heteroatoms. The first-order valence-electron chi connectivity index (χ1n) is 4.34. The van der Waals surface area contributed by atoms with Crippen LogP contribution in [0.1, 0.15) is 23.1 Å². The van der Waals surface area contributed by atoms with E-state index in [2.05, 4.69) is 6.92 Å². The van der Waals surface area contributed by atoms with Gasteiger partial charge in [0.15, 0.2) is 0 Å². The van der Waals surface area contributed by atoms with E-state index in [4.69, 9.17) is 11.6 Å². The molecule has 70 valence electrons. The molecule has 0 aliphatic heterocycles. The van der Waals surface area contributed by atoms with E-state index in [1.165, 1.54) is 16.7 Å². The molecule has 0 aromatic heterocycles. The normalized spacial score (nSPS) is 10.1. The Morgan fingerprint density at radius 1 is 1.38 bits per heavy atom. The number of aldehydes is 1. The zero-order valence-electron chi connectivity index (χ0n) is 7.93. The first-order chi connectivity index (χ1) is 6.15. The summed E-state index contributed by atoms with van der Waals surface area (Å²) < 4.78 is 0. The number of carbonyl (C=O) groups is 1. The molecule has 0 radical (unpaired) electrons. The van der Waals surface area contributed by atoms with E-state index >= 15 is 0 Å². The van der Waals surface area contributed by atoms with Crippen LogP contribution in [0.3, 0.4) is 0 Å². The standard InChI is InChI=1S/C11H13ClO/c1-8-6-11(12)7-10(9(8)2)4-3-5-13/h5-7H,3-4H2,1-2H3. The van der Waals surface area contributed by atoms with Crippen molar-refractivity contribution in [2.24, 2.45) is 0 Å². The Hall–Kier alpha value is -0.820. The van der Waals surface area contributed by atoms with Crippen molar-refractivity contribution in [2.45, 2.75) is 26.7 Å². The van der Waals surface area contributed by atoms with E-state index in [0.29, 0.717) is 6.42 Å². The van der Waals surface area contributed by atoms with E-state index in [9.17, 15) is 4.79 Å². The van der Waals surface area contributed by atoms with Crippen molar-refractivity contribution in [2.75, 3.05) is 0 Å². The number of benzene rings is 1. The van der Waals surface area contributed by atoms with Gasteiger partial charge in [-0.1, -0.05) is 11.6 Å². The lowest BCUT2D eigenvalue weighted by Crippen LogP contribution is -1.93. The molecule has 0 atom stereocenters. The molecule has 0 amide bonds. The Kier molecular flexibility index (Phi) is 3.49. The Balaban J connectivity index is 2.98. The van der Waals surface area contributed by atoms with Gasteiger partial charge < -0.3 is 4.79 Å². The molecule has 0 saturated carbocycles. The highest BCUT2D eigenvalue weighted by atomic mass is 35.5. The maximum atomic E-state index is 10.2. The average molecular weight is 197 g/mol. The molecule has 1 nitrogen and oxygen atoms in total. The van der Waals surface area contributed by atoms with Gasteiger partial charge in [0.2, 0.25) is 0 Å². The molecule has 0 fully saturated rings. The van der Waals surface area contributed by atoms with Gasteiger partial charge in [-0.15, -0.1) is 0 Å². The topological polar surface area (TPSA) is 17.1 Å². The molecule has 1 aromatic carbocycles. The minimum atomic E-state index is 0.570. The first kappa shape index (κ1) is 10.3. The van der Waals surface area contributed by atoms with Gasteiger partial charge in [-0.2, -0.15) is 0 Å². The van der Waals surface area contributed by atoms with Crippen LogP contribution in [-0.4, -0.2) is 6.29 Å². The first-order valence-corrected chi connectivity index (χ1v) is 4.72. The third kappa shape index (κ3) is 2.56. The fourth-order valence-corrected chi connectivity index (χ4v) is 1.65. The van der Waals surface area contributed by atoms with Gasteiger partial charge in [0.1, 0.15) is 6.29 Å². The summed E-state index contributed by atoms with van der Waals surface area (Å²) in [6, 6.07) is 3.88. The summed E-state index contributed by atoms with van der Waals surface area (Å²) in [6.45, 7) is 4.09. The SMILES string of the molecule is Cc1cc(Cl)cc(CCC=O)c1C. The van der Waals surface area contributed by atoms with Gasteiger partial charge in [-0.3, -0.25) is 0 Å². The molecule has 1 rings (SSSR count). The maximum absolute atomic E-state index is 10.2. The van der Waals surface area contributed by atoms with Crippen molar-refractivity contribution < 1.29 is 4.79 Å². The summed E-state index contributed by atoms with van der Waals surface area (Å²) in [6.07, 6.45) is 2.30. The fraction of sp³-hybridized carbons (Fsp3) is 0.364. The second kappa shape index (κ2) is 4.43. The fourth-order valence-electron chi connectivity index (χ4n) is 1.36. The van der Waals surface area contributed by atoms with Crippen LogP contribution in [0.4, 0.5) is 0 Å². The Bertz CT molecular complexity index is 318. The zero-order valence-corrected chi connectivity index (χ0v) is 8.69. The van der Waals surface area contributed by atoms with Gasteiger partial charge >= 0.3 is 0 Å². The van der Waals surface area contributed by atoms with Crippen molar-refractivity contribution in [3.63, 3.8) is 0 Å². The molecular formula is C11H13ClO. The summed E-state index contributed by atoms with van der Waals surface area (Å²) >= 11 is 5.91. The third-order valence-corrected chi connectivity index (χ3v) is 2.49. The molecule has 1 aromatic rings. The molecule has 0 N–H and O–H groups in total. The minimum Gasteiger partial charge on any atom is -0.303 e. The molecule has 13 heavy (non-hydrogen) atoms. The molecular weight excluding hydrogens is 184 g/mol. The van der Waals surface area contributed by atoms with Gasteiger partial charge in [0.25, 0.3) is 0 Å². The molecule has 0 saturated heterocycles. The molecule has 0 unspecified atom stereocenters. The third-order valence-electron chi connectivity index (χ3n) is 2.27. The number of rotatable bonds is 3. The Labute approximate surface area is 83.7 Å². The summed E-state index contributed by atoms with van der Waals surface area (Å²) in [5.74, 6) is 0. The maximum Gasteiger partial charge on any atom is 0.120 e. The average Bonchev–Trinajstić information content (AvgIpc) is 2.09. The van der Waals surface area contributed by atoms with Crippen LogP contribution in [0.15, 0.2) is 12.1 Å². The van der Waals surface area contributed by atoms with E-state index in [1.54, 1.807) is 0 Å². The lowest BCUT2D eigenvalue weighted by atomic mass is 10.00. The Morgan fingerprint density at radius 3 is 2.69 bits per heavy atom. The summed E-state index contributed by atoms with van der Waals surface area (Å²) in [5, 5.41) is 0.754. The summed E-state index contributed by atoms with van der Waals surface area (Å²) in [5.41, 5.74) is 3.61. The van der Waals surface area contributed by atoms with Crippen molar-refractivity contribution >= 4 is 17.9 Å². The van der Waals surface area contributed by atoms with Crippen LogP contribution >= 0.6 is 11.6 Å². The smallest absolute Gasteiger partial charge is 0.120 e. The van der Waals surface area contributed by atoms with Crippen LogP contribution in [0.5, 0.6) is 0 Å². The Morgan fingerprint density at radius 2 is 2.08 bits per heavy atom. The number of halogens is 1. The van der Waals surface area contributed by atoms with Crippen LogP contribution < -0.4 is 0 Å². The predicted molar refractivity (Wildman–Crippen MR) is 55.3 cm³/mol. The number of carbonyl (C=O) groups excluding carboxylic acids is 1. The molecule has 0 bridgehead atoms. The molecule has 0 heterocycles. The summed E-state index contributed by atoms with van der Waals surface area (Å²) in [7, 11) is 0.